The molecule has 0 radical (unpaired) electrons. The molecule has 1 rings (SSSR count). The van der Waals surface area contributed by atoms with Crippen molar-refractivity contribution in [3.63, 3.8) is 0 Å². The van der Waals surface area contributed by atoms with E-state index in [-0.39, 0.29) is 17.6 Å². The molecule has 1 N–H and O–H groups in total. The molecule has 1 amide bonds. The molecule has 0 atom stereocenters. The molecule has 1 aromatic carbocycles. The third kappa shape index (κ3) is 4.29. The number of hydrogen-bond donors (Lipinski definition) is 1. The summed E-state index contributed by atoms with van der Waals surface area (Å²) >= 11 is 0. The van der Waals surface area contributed by atoms with E-state index >= 15 is 0 Å². The normalized spacial score (nSPS) is 10.2. The quantitative estimate of drug-likeness (QED) is 0.778. The van der Waals surface area contributed by atoms with Crippen LogP contribution < -0.4 is 10.1 Å². The highest BCUT2D eigenvalue weighted by Gasteiger charge is 2.04. The Balaban J connectivity index is 2.21. The first kappa shape index (κ1) is 12.5. The Morgan fingerprint density at radius 1 is 1.38 bits per heavy atom. The minimum Gasteiger partial charge on any atom is -0.492 e. The van der Waals surface area contributed by atoms with E-state index in [0.717, 1.165) is 0 Å². The van der Waals surface area contributed by atoms with Gasteiger partial charge in [0.1, 0.15) is 18.2 Å². The summed E-state index contributed by atoms with van der Waals surface area (Å²) in [6.07, 6.45) is 0. The van der Waals surface area contributed by atoms with Gasteiger partial charge in [0, 0.05) is 5.92 Å². The minimum absolute atomic E-state index is 0.00251. The maximum absolute atomic E-state index is 12.6. The van der Waals surface area contributed by atoms with Gasteiger partial charge in [0.25, 0.3) is 0 Å². The van der Waals surface area contributed by atoms with Crippen LogP contribution in [-0.2, 0) is 4.79 Å². The van der Waals surface area contributed by atoms with Crippen LogP contribution in [-0.4, -0.2) is 19.1 Å². The monoisotopic (exact) mass is 225 g/mol. The van der Waals surface area contributed by atoms with Gasteiger partial charge < -0.3 is 10.1 Å². The predicted octanol–water partition coefficient (Wildman–Crippen LogP) is 1.98. The summed E-state index contributed by atoms with van der Waals surface area (Å²) in [7, 11) is 0. The van der Waals surface area contributed by atoms with Crippen LogP contribution in [0.4, 0.5) is 4.39 Å². The van der Waals surface area contributed by atoms with Crippen molar-refractivity contribution in [2.45, 2.75) is 13.8 Å². The molecule has 4 heteroatoms. The number of rotatable bonds is 5. The highest BCUT2D eigenvalue weighted by atomic mass is 19.1. The largest absolute Gasteiger partial charge is 0.492 e. The van der Waals surface area contributed by atoms with Crippen molar-refractivity contribution >= 4 is 5.91 Å². The zero-order valence-corrected chi connectivity index (χ0v) is 9.50. The van der Waals surface area contributed by atoms with Gasteiger partial charge in [-0.2, -0.15) is 0 Å². The van der Waals surface area contributed by atoms with Gasteiger partial charge in [-0.15, -0.1) is 0 Å². The second-order valence-electron chi connectivity index (χ2n) is 3.75. The van der Waals surface area contributed by atoms with E-state index in [1.807, 2.05) is 13.8 Å². The second kappa shape index (κ2) is 6.10. The number of hydrogen-bond acceptors (Lipinski definition) is 2. The third-order valence-corrected chi connectivity index (χ3v) is 2.01. The fourth-order valence-corrected chi connectivity index (χ4v) is 1.08. The van der Waals surface area contributed by atoms with E-state index in [4.69, 9.17) is 4.74 Å². The predicted molar refractivity (Wildman–Crippen MR) is 59.7 cm³/mol. The molecular weight excluding hydrogens is 209 g/mol. The van der Waals surface area contributed by atoms with Crippen LogP contribution in [0.5, 0.6) is 5.75 Å². The maximum Gasteiger partial charge on any atom is 0.222 e. The van der Waals surface area contributed by atoms with Gasteiger partial charge >= 0.3 is 0 Å². The number of amides is 1. The molecule has 0 aliphatic rings. The van der Waals surface area contributed by atoms with Gasteiger partial charge in [-0.1, -0.05) is 13.8 Å². The first-order valence-electron chi connectivity index (χ1n) is 5.25. The third-order valence-electron chi connectivity index (χ3n) is 2.01. The molecule has 0 aliphatic heterocycles. The zero-order valence-electron chi connectivity index (χ0n) is 9.50. The van der Waals surface area contributed by atoms with Crippen molar-refractivity contribution < 1.29 is 13.9 Å². The highest BCUT2D eigenvalue weighted by molar-refractivity contribution is 5.77. The topological polar surface area (TPSA) is 38.3 Å². The van der Waals surface area contributed by atoms with Crippen molar-refractivity contribution in [2.24, 2.45) is 5.92 Å². The molecule has 0 spiro atoms. The molecule has 0 aliphatic carbocycles. The van der Waals surface area contributed by atoms with Crippen LogP contribution in [0, 0.1) is 11.7 Å². The Kier molecular flexibility index (Phi) is 4.76. The lowest BCUT2D eigenvalue weighted by molar-refractivity contribution is -0.124. The number of nitrogens with one attached hydrogen (secondary N) is 1. The number of halogens is 1. The molecule has 88 valence electrons. The van der Waals surface area contributed by atoms with Crippen LogP contribution in [0.15, 0.2) is 24.3 Å². The summed E-state index contributed by atoms with van der Waals surface area (Å²) in [5.41, 5.74) is 0. The fraction of sp³-hybridized carbons (Fsp3) is 0.417. The standard InChI is InChI=1S/C12H16FNO2/c1-9(2)12(15)14-7-8-16-11-5-3-10(13)4-6-11/h3-6,9H,7-8H2,1-2H3,(H,14,15). The van der Waals surface area contributed by atoms with Crippen molar-refractivity contribution in [2.75, 3.05) is 13.2 Å². The van der Waals surface area contributed by atoms with Gasteiger partial charge in [-0.05, 0) is 24.3 Å². The molecule has 0 bridgehead atoms. The molecule has 16 heavy (non-hydrogen) atoms. The first-order chi connectivity index (χ1) is 7.59. The summed E-state index contributed by atoms with van der Waals surface area (Å²) < 4.78 is 17.9. The molecule has 0 saturated carbocycles. The summed E-state index contributed by atoms with van der Waals surface area (Å²) in [5, 5.41) is 2.73. The minimum atomic E-state index is -0.291. The first-order valence-corrected chi connectivity index (χ1v) is 5.25. The highest BCUT2D eigenvalue weighted by Crippen LogP contribution is 2.10. The Morgan fingerprint density at radius 2 is 2.00 bits per heavy atom. The van der Waals surface area contributed by atoms with Gasteiger partial charge in [-0.25, -0.2) is 4.39 Å². The van der Waals surface area contributed by atoms with Gasteiger partial charge in [0.05, 0.1) is 6.54 Å². The Morgan fingerprint density at radius 3 is 2.56 bits per heavy atom. The van der Waals surface area contributed by atoms with Crippen molar-refractivity contribution in [3.8, 4) is 5.75 Å². The van der Waals surface area contributed by atoms with E-state index in [2.05, 4.69) is 5.32 Å². The van der Waals surface area contributed by atoms with Crippen molar-refractivity contribution in [3.05, 3.63) is 30.1 Å². The SMILES string of the molecule is CC(C)C(=O)NCCOc1ccc(F)cc1. The van der Waals surface area contributed by atoms with Crippen LogP contribution in [0.25, 0.3) is 0 Å². The van der Waals surface area contributed by atoms with Crippen molar-refractivity contribution in [1.82, 2.24) is 5.32 Å². The summed E-state index contributed by atoms with van der Waals surface area (Å²) in [6.45, 7) is 4.49. The molecule has 0 unspecified atom stereocenters. The lowest BCUT2D eigenvalue weighted by Crippen LogP contribution is -2.31. The number of ether oxygens (including phenoxy) is 1. The molecule has 0 aromatic heterocycles. The summed E-state index contributed by atoms with van der Waals surface area (Å²) in [5.74, 6) is 0.286. The maximum atomic E-state index is 12.6. The number of benzene rings is 1. The molecule has 0 heterocycles. The second-order valence-corrected chi connectivity index (χ2v) is 3.75. The molecular formula is C12H16FNO2. The Hall–Kier alpha value is -1.58. The zero-order chi connectivity index (χ0) is 12.0. The smallest absolute Gasteiger partial charge is 0.222 e. The molecule has 1 aromatic rings. The fourth-order valence-electron chi connectivity index (χ4n) is 1.08. The van der Waals surface area contributed by atoms with Gasteiger partial charge in [0.2, 0.25) is 5.91 Å². The van der Waals surface area contributed by atoms with Crippen molar-refractivity contribution in [1.29, 1.82) is 0 Å². The molecule has 0 saturated heterocycles. The van der Waals surface area contributed by atoms with E-state index in [0.29, 0.717) is 18.9 Å². The average molecular weight is 225 g/mol. The molecule has 3 nitrogen and oxygen atoms in total. The van der Waals surface area contributed by atoms with E-state index < -0.39 is 0 Å². The van der Waals surface area contributed by atoms with Crippen LogP contribution in [0.1, 0.15) is 13.8 Å². The van der Waals surface area contributed by atoms with Gasteiger partial charge in [0.15, 0.2) is 0 Å². The van der Waals surface area contributed by atoms with E-state index in [1.165, 1.54) is 12.1 Å². The average Bonchev–Trinajstić information content (AvgIpc) is 2.26. The van der Waals surface area contributed by atoms with Gasteiger partial charge in [-0.3, -0.25) is 4.79 Å². The van der Waals surface area contributed by atoms with E-state index in [1.54, 1.807) is 12.1 Å². The Bertz CT molecular complexity index is 335. The summed E-state index contributed by atoms with van der Waals surface area (Å²) in [6, 6.07) is 5.78. The summed E-state index contributed by atoms with van der Waals surface area (Å²) in [4.78, 5) is 11.2. The Labute approximate surface area is 94.6 Å². The number of carbonyl (C=O) groups excluding carboxylic acids is 1. The van der Waals surface area contributed by atoms with Crippen LogP contribution in [0.2, 0.25) is 0 Å². The molecule has 0 fully saturated rings. The lowest BCUT2D eigenvalue weighted by Gasteiger charge is -2.09. The number of carbonyl (C=O) groups is 1. The lowest BCUT2D eigenvalue weighted by atomic mass is 10.2. The van der Waals surface area contributed by atoms with Crippen LogP contribution >= 0.6 is 0 Å². The van der Waals surface area contributed by atoms with E-state index in [9.17, 15) is 9.18 Å². The van der Waals surface area contributed by atoms with Crippen LogP contribution in [0.3, 0.4) is 0 Å².